The summed E-state index contributed by atoms with van der Waals surface area (Å²) in [6, 6.07) is 12.2. The van der Waals surface area contributed by atoms with Gasteiger partial charge in [0.2, 0.25) is 11.8 Å². The number of ether oxygens (including phenoxy) is 1. The summed E-state index contributed by atoms with van der Waals surface area (Å²) in [4.78, 5) is 20.5. The predicted octanol–water partition coefficient (Wildman–Crippen LogP) is 4.38. The van der Waals surface area contributed by atoms with Crippen LogP contribution in [0.2, 0.25) is 0 Å². The van der Waals surface area contributed by atoms with Gasteiger partial charge in [-0.3, -0.25) is 9.69 Å². The number of carbonyl (C=O) groups excluding carboxylic acids is 1. The summed E-state index contributed by atoms with van der Waals surface area (Å²) in [5.74, 6) is -0.439. The fraction of sp³-hybridized carbons (Fsp3) is 0.385. The van der Waals surface area contributed by atoms with Crippen molar-refractivity contribution in [3.05, 3.63) is 59.7 Å². The molecule has 1 amide bonds. The third kappa shape index (κ3) is 4.82. The third-order valence-electron chi connectivity index (χ3n) is 6.58. The minimum atomic E-state index is -0.809. The summed E-state index contributed by atoms with van der Waals surface area (Å²) in [7, 11) is 0. The lowest BCUT2D eigenvalue weighted by Gasteiger charge is -2.36. The predicted molar refractivity (Wildman–Crippen MR) is 128 cm³/mol. The number of carbonyl (C=O) groups is 1. The highest BCUT2D eigenvalue weighted by atomic mass is 19.2. The second kappa shape index (κ2) is 9.93. The molecule has 1 fully saturated rings. The van der Waals surface area contributed by atoms with Gasteiger partial charge in [0, 0.05) is 49.7 Å². The van der Waals surface area contributed by atoms with Gasteiger partial charge >= 0.3 is 0 Å². The van der Waals surface area contributed by atoms with Crippen molar-refractivity contribution in [3.8, 4) is 5.88 Å². The van der Waals surface area contributed by atoms with Gasteiger partial charge in [0.15, 0.2) is 11.6 Å². The molecule has 5 rings (SSSR count). The highest BCUT2D eigenvalue weighted by molar-refractivity contribution is 5.95. The van der Waals surface area contributed by atoms with Crippen LogP contribution in [0.15, 0.2) is 42.5 Å². The lowest BCUT2D eigenvalue weighted by atomic mass is 10.1. The standard InChI is InChI=1S/C26H28F2N4O2/c27-20-9-6-18-4-3-5-21(24(18)25(20)28)32-15-13-31(14-16-32)12-1-2-17-34-23-11-8-19-7-10-22(33)29-26(19)30-23/h3-6,8-9,11H,1-2,7,10,12-17H2,(H,29,30,33). The van der Waals surface area contributed by atoms with Crippen LogP contribution in [0.1, 0.15) is 24.8 Å². The highest BCUT2D eigenvalue weighted by Gasteiger charge is 2.21. The molecule has 0 atom stereocenters. The van der Waals surface area contributed by atoms with Crippen LogP contribution in [0.5, 0.6) is 5.88 Å². The Morgan fingerprint density at radius 2 is 1.82 bits per heavy atom. The Hall–Kier alpha value is -3.26. The van der Waals surface area contributed by atoms with Gasteiger partial charge in [-0.25, -0.2) is 8.78 Å². The molecule has 0 radical (unpaired) electrons. The first-order valence-electron chi connectivity index (χ1n) is 11.8. The van der Waals surface area contributed by atoms with Crippen LogP contribution in [0, 0.1) is 11.6 Å². The normalized spacial score (nSPS) is 16.4. The first-order chi connectivity index (χ1) is 16.6. The lowest BCUT2D eigenvalue weighted by molar-refractivity contribution is -0.116. The molecule has 0 saturated carbocycles. The molecule has 2 aliphatic heterocycles. The summed E-state index contributed by atoms with van der Waals surface area (Å²) in [6.07, 6.45) is 3.11. The molecule has 1 aromatic heterocycles. The first-order valence-corrected chi connectivity index (χ1v) is 11.8. The second-order valence-corrected chi connectivity index (χ2v) is 8.83. The average molecular weight is 467 g/mol. The highest BCUT2D eigenvalue weighted by Crippen LogP contribution is 2.31. The molecular weight excluding hydrogens is 438 g/mol. The number of rotatable bonds is 7. The van der Waals surface area contributed by atoms with Gasteiger partial charge in [-0.15, -0.1) is 0 Å². The number of halogens is 2. The average Bonchev–Trinajstić information content (AvgIpc) is 2.86. The number of hydrogen-bond acceptors (Lipinski definition) is 5. The van der Waals surface area contributed by atoms with E-state index in [9.17, 15) is 13.6 Å². The zero-order valence-corrected chi connectivity index (χ0v) is 19.0. The minimum Gasteiger partial charge on any atom is -0.478 e. The van der Waals surface area contributed by atoms with E-state index < -0.39 is 11.6 Å². The second-order valence-electron chi connectivity index (χ2n) is 8.83. The third-order valence-corrected chi connectivity index (χ3v) is 6.58. The fourth-order valence-corrected chi connectivity index (χ4v) is 4.68. The number of pyridine rings is 1. The van der Waals surface area contributed by atoms with Crippen LogP contribution in [0.25, 0.3) is 10.8 Å². The summed E-state index contributed by atoms with van der Waals surface area (Å²) in [5, 5.41) is 3.88. The van der Waals surface area contributed by atoms with Gasteiger partial charge in [0.05, 0.1) is 6.61 Å². The molecule has 3 heterocycles. The number of nitrogens with zero attached hydrogens (tertiary/aromatic N) is 3. The minimum absolute atomic E-state index is 0.00463. The SMILES string of the molecule is O=C1CCc2ccc(OCCCCN3CCN(c4cccc5ccc(F)c(F)c45)CC3)nc2N1. The van der Waals surface area contributed by atoms with Gasteiger partial charge in [0.25, 0.3) is 0 Å². The Bertz CT molecular complexity index is 1190. The number of benzene rings is 2. The number of hydrogen-bond donors (Lipinski definition) is 1. The molecule has 0 spiro atoms. The van der Waals surface area contributed by atoms with Crippen molar-refractivity contribution in [2.24, 2.45) is 0 Å². The Morgan fingerprint density at radius 3 is 2.68 bits per heavy atom. The van der Waals surface area contributed by atoms with Gasteiger partial charge < -0.3 is 15.0 Å². The van der Waals surface area contributed by atoms with Crippen molar-refractivity contribution in [3.63, 3.8) is 0 Å². The number of nitrogens with one attached hydrogen (secondary N) is 1. The number of unbranched alkanes of at least 4 members (excludes halogenated alkanes) is 1. The van der Waals surface area contributed by atoms with Crippen molar-refractivity contribution in [1.29, 1.82) is 0 Å². The van der Waals surface area contributed by atoms with E-state index in [-0.39, 0.29) is 5.91 Å². The zero-order chi connectivity index (χ0) is 23.5. The number of piperazine rings is 1. The topological polar surface area (TPSA) is 57.7 Å². The molecule has 3 aromatic rings. The van der Waals surface area contributed by atoms with E-state index in [2.05, 4.69) is 20.1 Å². The van der Waals surface area contributed by atoms with E-state index in [1.807, 2.05) is 30.3 Å². The Balaban J connectivity index is 1.07. The molecule has 0 aliphatic carbocycles. The molecule has 1 saturated heterocycles. The summed E-state index contributed by atoms with van der Waals surface area (Å²) >= 11 is 0. The molecule has 178 valence electrons. The van der Waals surface area contributed by atoms with E-state index in [0.717, 1.165) is 62.2 Å². The fourth-order valence-electron chi connectivity index (χ4n) is 4.68. The number of anilines is 2. The van der Waals surface area contributed by atoms with Crippen molar-refractivity contribution < 1.29 is 18.3 Å². The summed E-state index contributed by atoms with van der Waals surface area (Å²) < 4.78 is 34.1. The number of aromatic nitrogens is 1. The Kier molecular flexibility index (Phi) is 6.58. The Labute approximate surface area is 197 Å². The number of aryl methyl sites for hydroxylation is 1. The molecule has 2 aromatic carbocycles. The van der Waals surface area contributed by atoms with Crippen LogP contribution in [0.4, 0.5) is 20.3 Å². The molecule has 0 bridgehead atoms. The van der Waals surface area contributed by atoms with Crippen molar-refractivity contribution in [1.82, 2.24) is 9.88 Å². The van der Waals surface area contributed by atoms with E-state index >= 15 is 0 Å². The monoisotopic (exact) mass is 466 g/mol. The van der Waals surface area contributed by atoms with Gasteiger partial charge in [-0.05, 0) is 55.0 Å². The van der Waals surface area contributed by atoms with E-state index in [1.165, 1.54) is 6.07 Å². The molecular formula is C26H28F2N4O2. The van der Waals surface area contributed by atoms with Crippen molar-refractivity contribution in [2.75, 3.05) is 49.5 Å². The van der Waals surface area contributed by atoms with E-state index in [4.69, 9.17) is 4.74 Å². The van der Waals surface area contributed by atoms with Gasteiger partial charge in [-0.1, -0.05) is 18.2 Å². The zero-order valence-electron chi connectivity index (χ0n) is 19.0. The number of amides is 1. The largest absolute Gasteiger partial charge is 0.478 e. The molecule has 0 unspecified atom stereocenters. The van der Waals surface area contributed by atoms with E-state index in [0.29, 0.717) is 36.5 Å². The van der Waals surface area contributed by atoms with Crippen LogP contribution in [-0.4, -0.2) is 55.1 Å². The maximum atomic E-state index is 14.5. The van der Waals surface area contributed by atoms with Crippen LogP contribution in [-0.2, 0) is 11.2 Å². The van der Waals surface area contributed by atoms with Crippen LogP contribution < -0.4 is 15.0 Å². The number of fused-ring (bicyclic) bond motifs is 2. The van der Waals surface area contributed by atoms with Crippen molar-refractivity contribution in [2.45, 2.75) is 25.7 Å². The maximum Gasteiger partial charge on any atom is 0.225 e. The molecule has 34 heavy (non-hydrogen) atoms. The molecule has 8 heteroatoms. The first kappa shape index (κ1) is 22.5. The quantitative estimate of drug-likeness (QED) is 0.524. The molecule has 2 aliphatic rings. The van der Waals surface area contributed by atoms with Gasteiger partial charge in [0.1, 0.15) is 5.82 Å². The van der Waals surface area contributed by atoms with Gasteiger partial charge in [-0.2, -0.15) is 4.98 Å². The molecule has 6 nitrogen and oxygen atoms in total. The van der Waals surface area contributed by atoms with Crippen LogP contribution >= 0.6 is 0 Å². The lowest BCUT2D eigenvalue weighted by Crippen LogP contribution is -2.46. The van der Waals surface area contributed by atoms with E-state index in [1.54, 1.807) is 6.07 Å². The summed E-state index contributed by atoms with van der Waals surface area (Å²) in [6.45, 7) is 4.83. The summed E-state index contributed by atoms with van der Waals surface area (Å²) in [5.41, 5.74) is 1.80. The van der Waals surface area contributed by atoms with Crippen LogP contribution in [0.3, 0.4) is 0 Å². The Morgan fingerprint density at radius 1 is 0.971 bits per heavy atom. The van der Waals surface area contributed by atoms with Crippen molar-refractivity contribution >= 4 is 28.2 Å². The smallest absolute Gasteiger partial charge is 0.225 e. The maximum absolute atomic E-state index is 14.5. The molecule has 1 N–H and O–H groups in total.